The molecule has 3 N–H and O–H groups in total. The molecule has 1 aliphatic rings. The third-order valence-electron chi connectivity index (χ3n) is 6.43. The third kappa shape index (κ3) is 5.88. The quantitative estimate of drug-likeness (QED) is 0.353. The van der Waals surface area contributed by atoms with Gasteiger partial charge in [-0.2, -0.15) is 0 Å². The first-order valence-electron chi connectivity index (χ1n) is 12.7. The van der Waals surface area contributed by atoms with E-state index in [1.807, 2.05) is 45.0 Å². The minimum absolute atomic E-state index is 0.00750. The van der Waals surface area contributed by atoms with Crippen molar-refractivity contribution in [2.45, 2.75) is 46.0 Å². The van der Waals surface area contributed by atoms with Crippen LogP contribution in [0.1, 0.15) is 48.0 Å². The first kappa shape index (κ1) is 26.2. The molecule has 1 aromatic heterocycles. The number of anilines is 1. The summed E-state index contributed by atoms with van der Waals surface area (Å²) >= 11 is 0. The number of carbonyl (C=O) groups is 2. The molecule has 0 saturated carbocycles. The predicted octanol–water partition coefficient (Wildman–Crippen LogP) is 4.61. The predicted molar refractivity (Wildman–Crippen MR) is 147 cm³/mol. The SMILES string of the molecule is CC(C)(C)OC(=O)CNCc1ccc(F)cc1-c1ccc2nc(N)nc(C(=O)N3Cc4ccccc4C3)c2c1. The average Bonchev–Trinajstić information content (AvgIpc) is 3.32. The van der Waals surface area contributed by atoms with E-state index in [9.17, 15) is 14.0 Å². The second kappa shape index (κ2) is 10.4. The molecule has 200 valence electrons. The number of nitrogen functional groups attached to an aromatic ring is 1. The van der Waals surface area contributed by atoms with Crippen LogP contribution in [-0.2, 0) is 29.2 Å². The van der Waals surface area contributed by atoms with Crippen molar-refractivity contribution < 1.29 is 18.7 Å². The maximum Gasteiger partial charge on any atom is 0.320 e. The molecule has 0 fully saturated rings. The monoisotopic (exact) mass is 527 g/mol. The van der Waals surface area contributed by atoms with Gasteiger partial charge in [0.25, 0.3) is 5.91 Å². The zero-order valence-corrected chi connectivity index (χ0v) is 22.1. The molecule has 0 unspecified atom stereocenters. The molecule has 1 amide bonds. The number of fused-ring (bicyclic) bond motifs is 2. The van der Waals surface area contributed by atoms with E-state index in [0.29, 0.717) is 41.7 Å². The lowest BCUT2D eigenvalue weighted by Gasteiger charge is -2.20. The van der Waals surface area contributed by atoms with Crippen LogP contribution >= 0.6 is 0 Å². The summed E-state index contributed by atoms with van der Waals surface area (Å²) in [5.41, 5.74) is 10.4. The molecule has 2 heterocycles. The average molecular weight is 528 g/mol. The maximum absolute atomic E-state index is 14.4. The third-order valence-corrected chi connectivity index (χ3v) is 6.43. The molecule has 4 aromatic rings. The Balaban J connectivity index is 1.45. The minimum atomic E-state index is -0.580. The van der Waals surface area contributed by atoms with Crippen molar-refractivity contribution in [2.75, 3.05) is 12.3 Å². The largest absolute Gasteiger partial charge is 0.459 e. The van der Waals surface area contributed by atoms with E-state index in [4.69, 9.17) is 10.5 Å². The number of hydrogen-bond donors (Lipinski definition) is 2. The van der Waals surface area contributed by atoms with Gasteiger partial charge in [0.1, 0.15) is 17.1 Å². The number of nitrogens with two attached hydrogens (primary N) is 1. The van der Waals surface area contributed by atoms with Crippen molar-refractivity contribution in [1.82, 2.24) is 20.2 Å². The molecule has 3 aromatic carbocycles. The van der Waals surface area contributed by atoms with Gasteiger partial charge in [-0.3, -0.25) is 9.59 Å². The van der Waals surface area contributed by atoms with Crippen LogP contribution in [0.5, 0.6) is 0 Å². The Hall–Kier alpha value is -4.37. The van der Waals surface area contributed by atoms with Crippen LogP contribution < -0.4 is 11.1 Å². The summed E-state index contributed by atoms with van der Waals surface area (Å²) in [5.74, 6) is -1.02. The number of nitrogens with zero attached hydrogens (tertiary/aromatic N) is 3. The zero-order valence-electron chi connectivity index (χ0n) is 22.1. The highest BCUT2D eigenvalue weighted by Crippen LogP contribution is 2.31. The maximum atomic E-state index is 14.4. The Morgan fingerprint density at radius 3 is 2.44 bits per heavy atom. The summed E-state index contributed by atoms with van der Waals surface area (Å²) in [4.78, 5) is 36.1. The van der Waals surface area contributed by atoms with Gasteiger partial charge < -0.3 is 20.7 Å². The van der Waals surface area contributed by atoms with Crippen LogP contribution in [0.25, 0.3) is 22.0 Å². The molecule has 0 atom stereocenters. The van der Waals surface area contributed by atoms with E-state index < -0.39 is 11.4 Å². The summed E-state index contributed by atoms with van der Waals surface area (Å²) < 4.78 is 19.7. The Kier molecular flexibility index (Phi) is 7.01. The van der Waals surface area contributed by atoms with Gasteiger partial charge >= 0.3 is 5.97 Å². The van der Waals surface area contributed by atoms with Gasteiger partial charge in [0.15, 0.2) is 0 Å². The Labute approximate surface area is 226 Å². The highest BCUT2D eigenvalue weighted by atomic mass is 19.1. The number of halogens is 1. The van der Waals surface area contributed by atoms with E-state index in [1.165, 1.54) is 12.1 Å². The van der Waals surface area contributed by atoms with E-state index in [2.05, 4.69) is 15.3 Å². The Morgan fingerprint density at radius 2 is 1.74 bits per heavy atom. The second-order valence-corrected chi connectivity index (χ2v) is 10.6. The molecule has 8 nitrogen and oxygen atoms in total. The number of hydrogen-bond acceptors (Lipinski definition) is 7. The summed E-state index contributed by atoms with van der Waals surface area (Å²) in [6.07, 6.45) is 0. The van der Waals surface area contributed by atoms with Crippen molar-refractivity contribution in [3.63, 3.8) is 0 Å². The normalized spacial score (nSPS) is 13.0. The zero-order chi connectivity index (χ0) is 27.7. The van der Waals surface area contributed by atoms with Gasteiger partial charge in [0, 0.05) is 25.0 Å². The first-order chi connectivity index (χ1) is 18.6. The number of nitrogens with one attached hydrogen (secondary N) is 1. The highest BCUT2D eigenvalue weighted by Gasteiger charge is 2.27. The van der Waals surface area contributed by atoms with Gasteiger partial charge in [-0.1, -0.05) is 36.4 Å². The molecule has 39 heavy (non-hydrogen) atoms. The number of ether oxygens (including phenoxy) is 1. The van der Waals surface area contributed by atoms with Crippen molar-refractivity contribution >= 4 is 28.7 Å². The van der Waals surface area contributed by atoms with Crippen LogP contribution in [-0.4, -0.2) is 38.9 Å². The topological polar surface area (TPSA) is 110 Å². The lowest BCUT2D eigenvalue weighted by molar-refractivity contribution is -0.153. The summed E-state index contributed by atoms with van der Waals surface area (Å²) in [6.45, 7) is 6.71. The first-order valence-corrected chi connectivity index (χ1v) is 12.7. The van der Waals surface area contributed by atoms with E-state index >= 15 is 0 Å². The number of amides is 1. The number of aromatic nitrogens is 2. The highest BCUT2D eigenvalue weighted by molar-refractivity contribution is 6.06. The van der Waals surface area contributed by atoms with Crippen LogP contribution in [0, 0.1) is 5.82 Å². The molecule has 9 heteroatoms. The summed E-state index contributed by atoms with van der Waals surface area (Å²) in [6, 6.07) is 17.8. The van der Waals surface area contributed by atoms with Gasteiger partial charge in [0.05, 0.1) is 12.1 Å². The second-order valence-electron chi connectivity index (χ2n) is 10.6. The fourth-order valence-corrected chi connectivity index (χ4v) is 4.75. The molecular formula is C30H30FN5O3. The van der Waals surface area contributed by atoms with Gasteiger partial charge in [0.2, 0.25) is 5.95 Å². The lowest BCUT2D eigenvalue weighted by Crippen LogP contribution is -2.31. The van der Waals surface area contributed by atoms with Gasteiger partial charge in [-0.15, -0.1) is 0 Å². The van der Waals surface area contributed by atoms with Crippen molar-refractivity contribution in [3.8, 4) is 11.1 Å². The fraction of sp³-hybridized carbons (Fsp3) is 0.267. The molecule has 0 spiro atoms. The van der Waals surface area contributed by atoms with Crippen LogP contribution in [0.2, 0.25) is 0 Å². The number of esters is 1. The Morgan fingerprint density at radius 1 is 1.03 bits per heavy atom. The van der Waals surface area contributed by atoms with Crippen LogP contribution in [0.4, 0.5) is 10.3 Å². The van der Waals surface area contributed by atoms with Crippen LogP contribution in [0.15, 0.2) is 60.7 Å². The minimum Gasteiger partial charge on any atom is -0.459 e. The number of carbonyl (C=O) groups excluding carboxylic acids is 2. The van der Waals surface area contributed by atoms with Crippen molar-refractivity contribution in [1.29, 1.82) is 0 Å². The fourth-order valence-electron chi connectivity index (χ4n) is 4.75. The van der Waals surface area contributed by atoms with E-state index in [0.717, 1.165) is 16.7 Å². The van der Waals surface area contributed by atoms with Crippen molar-refractivity contribution in [2.24, 2.45) is 0 Å². The summed E-state index contributed by atoms with van der Waals surface area (Å²) in [7, 11) is 0. The standard InChI is InChI=1S/C30H30FN5O3/c1-30(2,3)39-26(37)15-33-14-19-8-10-22(31)13-23(19)18-9-11-25-24(12-18)27(35-29(32)34-25)28(38)36-16-20-6-4-5-7-21(20)17-36/h4-13,33H,14-17H2,1-3H3,(H2,32,34,35). The smallest absolute Gasteiger partial charge is 0.320 e. The number of benzene rings is 3. The van der Waals surface area contributed by atoms with Gasteiger partial charge in [-0.05, 0) is 72.9 Å². The Bertz CT molecular complexity index is 1560. The van der Waals surface area contributed by atoms with E-state index in [1.54, 1.807) is 29.2 Å². The van der Waals surface area contributed by atoms with Crippen LogP contribution in [0.3, 0.4) is 0 Å². The lowest BCUT2D eigenvalue weighted by atomic mass is 9.97. The van der Waals surface area contributed by atoms with E-state index in [-0.39, 0.29) is 30.1 Å². The molecular weight excluding hydrogens is 497 g/mol. The molecule has 0 bridgehead atoms. The van der Waals surface area contributed by atoms with Gasteiger partial charge in [-0.25, -0.2) is 14.4 Å². The molecule has 0 saturated heterocycles. The van der Waals surface area contributed by atoms with Crippen molar-refractivity contribution in [3.05, 3.63) is 88.9 Å². The molecule has 5 rings (SSSR count). The molecule has 0 radical (unpaired) electrons. The molecule has 1 aliphatic heterocycles. The number of rotatable bonds is 6. The molecule has 0 aliphatic carbocycles. The summed E-state index contributed by atoms with van der Waals surface area (Å²) in [5, 5.41) is 3.60.